The molecule has 0 saturated carbocycles. The van der Waals surface area contributed by atoms with Crippen LogP contribution in [0.5, 0.6) is 5.75 Å². The highest BCUT2D eigenvalue weighted by molar-refractivity contribution is 5.36. The zero-order chi connectivity index (χ0) is 14.5. The topological polar surface area (TPSA) is 60.2 Å². The first-order valence-corrected chi connectivity index (χ1v) is 6.75. The normalized spacial score (nSPS) is 12.4. The Balaban J connectivity index is 2.29. The number of nitrogens with one attached hydrogen (secondary N) is 1. The summed E-state index contributed by atoms with van der Waals surface area (Å²) in [4.78, 5) is 4.32. The highest BCUT2D eigenvalue weighted by Crippen LogP contribution is 2.24. The Morgan fingerprint density at radius 2 is 1.95 bits per heavy atom. The van der Waals surface area contributed by atoms with Gasteiger partial charge in [-0.05, 0) is 50.1 Å². The van der Waals surface area contributed by atoms with Gasteiger partial charge in [-0.2, -0.15) is 0 Å². The second-order valence-electron chi connectivity index (χ2n) is 5.07. The van der Waals surface area contributed by atoms with Gasteiger partial charge in [0.1, 0.15) is 5.75 Å². The van der Waals surface area contributed by atoms with Gasteiger partial charge in [0.05, 0.1) is 12.1 Å². The lowest BCUT2D eigenvalue weighted by molar-refractivity contribution is 0.242. The van der Waals surface area contributed by atoms with Gasteiger partial charge in [0, 0.05) is 11.9 Å². The lowest BCUT2D eigenvalue weighted by atomic mass is 10.0. The second kappa shape index (κ2) is 6.50. The Morgan fingerprint density at radius 3 is 2.55 bits per heavy atom. The summed E-state index contributed by atoms with van der Waals surface area (Å²) in [6, 6.07) is 11.9. The van der Waals surface area contributed by atoms with Crippen molar-refractivity contribution in [3.8, 4) is 5.75 Å². The van der Waals surface area contributed by atoms with Gasteiger partial charge in [-0.1, -0.05) is 18.2 Å². The average Bonchev–Trinajstić information content (AvgIpc) is 2.41. The highest BCUT2D eigenvalue weighted by atomic mass is 16.5. The third-order valence-electron chi connectivity index (χ3n) is 3.00. The van der Waals surface area contributed by atoms with Gasteiger partial charge in [-0.15, -0.1) is 0 Å². The molecule has 0 saturated heterocycles. The summed E-state index contributed by atoms with van der Waals surface area (Å²) in [7, 11) is 0. The van der Waals surface area contributed by atoms with E-state index < -0.39 is 0 Å². The Bertz CT molecular complexity index is 552. The number of pyridine rings is 1. The van der Waals surface area contributed by atoms with Crippen LogP contribution >= 0.6 is 0 Å². The van der Waals surface area contributed by atoms with Gasteiger partial charge < -0.3 is 4.74 Å². The number of ether oxygens (including phenoxy) is 1. The molecule has 0 amide bonds. The third-order valence-corrected chi connectivity index (χ3v) is 3.00. The molecule has 0 aliphatic heterocycles. The van der Waals surface area contributed by atoms with Crippen molar-refractivity contribution in [1.29, 1.82) is 0 Å². The molecular formula is C16H21N3O. The van der Waals surface area contributed by atoms with Crippen LogP contribution in [0.4, 0.5) is 0 Å². The molecule has 1 aromatic carbocycles. The minimum absolute atomic E-state index is 0.0983. The van der Waals surface area contributed by atoms with E-state index in [9.17, 15) is 0 Å². The van der Waals surface area contributed by atoms with E-state index in [4.69, 9.17) is 10.6 Å². The van der Waals surface area contributed by atoms with Crippen molar-refractivity contribution in [2.75, 3.05) is 0 Å². The molecule has 0 radical (unpaired) electrons. The molecule has 0 fully saturated rings. The summed E-state index contributed by atoms with van der Waals surface area (Å²) >= 11 is 0. The number of rotatable bonds is 5. The first-order valence-electron chi connectivity index (χ1n) is 6.75. The van der Waals surface area contributed by atoms with Crippen molar-refractivity contribution in [2.24, 2.45) is 5.84 Å². The maximum Gasteiger partial charge on any atom is 0.120 e. The quantitative estimate of drug-likeness (QED) is 0.648. The van der Waals surface area contributed by atoms with E-state index in [-0.39, 0.29) is 12.1 Å². The molecule has 1 atom stereocenters. The number of aryl methyl sites for hydroxylation is 1. The van der Waals surface area contributed by atoms with Crippen molar-refractivity contribution in [1.82, 2.24) is 10.4 Å². The number of nitrogens with zero attached hydrogens (tertiary/aromatic N) is 1. The van der Waals surface area contributed by atoms with Gasteiger partial charge in [0.25, 0.3) is 0 Å². The van der Waals surface area contributed by atoms with Crippen molar-refractivity contribution in [3.63, 3.8) is 0 Å². The van der Waals surface area contributed by atoms with E-state index in [1.54, 1.807) is 0 Å². The Morgan fingerprint density at radius 1 is 1.15 bits per heavy atom. The number of hydrogen-bond acceptors (Lipinski definition) is 4. The number of hydrazine groups is 1. The summed E-state index contributed by atoms with van der Waals surface area (Å²) in [5.41, 5.74) is 5.91. The van der Waals surface area contributed by atoms with Gasteiger partial charge in [0.2, 0.25) is 0 Å². The van der Waals surface area contributed by atoms with E-state index in [0.29, 0.717) is 0 Å². The highest BCUT2D eigenvalue weighted by Gasteiger charge is 2.13. The Hall–Kier alpha value is -1.91. The number of aromatic nitrogens is 1. The predicted molar refractivity (Wildman–Crippen MR) is 80.3 cm³/mol. The standard InChI is InChI=1S/C16H21N3O/c1-11(2)20-15-6-4-5-13(9-15)16(19-17)14-8-7-12(3)18-10-14/h4-11,16,19H,17H2,1-3H3. The molecule has 0 aliphatic carbocycles. The molecule has 4 heteroatoms. The molecule has 0 aliphatic rings. The monoisotopic (exact) mass is 271 g/mol. The maximum absolute atomic E-state index is 5.72. The molecule has 1 aromatic heterocycles. The second-order valence-corrected chi connectivity index (χ2v) is 5.07. The molecular weight excluding hydrogens is 250 g/mol. The van der Waals surface area contributed by atoms with Crippen LogP contribution in [0.3, 0.4) is 0 Å². The number of hydrogen-bond donors (Lipinski definition) is 2. The molecule has 1 unspecified atom stereocenters. The largest absolute Gasteiger partial charge is 0.491 e. The zero-order valence-corrected chi connectivity index (χ0v) is 12.1. The molecule has 2 rings (SSSR count). The van der Waals surface area contributed by atoms with Gasteiger partial charge in [0.15, 0.2) is 0 Å². The predicted octanol–water partition coefficient (Wildman–Crippen LogP) is 2.73. The average molecular weight is 271 g/mol. The first kappa shape index (κ1) is 14.5. The number of benzene rings is 1. The maximum atomic E-state index is 5.72. The summed E-state index contributed by atoms with van der Waals surface area (Å²) < 4.78 is 5.72. The summed E-state index contributed by atoms with van der Waals surface area (Å²) in [5.74, 6) is 6.55. The molecule has 0 bridgehead atoms. The van der Waals surface area contributed by atoms with Crippen molar-refractivity contribution in [3.05, 3.63) is 59.4 Å². The third kappa shape index (κ3) is 3.56. The van der Waals surface area contributed by atoms with Gasteiger partial charge in [-0.25, -0.2) is 5.43 Å². The first-order chi connectivity index (χ1) is 9.60. The van der Waals surface area contributed by atoms with Crippen LogP contribution in [0.1, 0.15) is 36.7 Å². The summed E-state index contributed by atoms with van der Waals surface area (Å²) in [5, 5.41) is 0. The summed E-state index contributed by atoms with van der Waals surface area (Å²) in [6.07, 6.45) is 1.99. The number of nitrogens with two attached hydrogens (primary N) is 1. The van der Waals surface area contributed by atoms with Crippen LogP contribution in [0.2, 0.25) is 0 Å². The molecule has 0 spiro atoms. The van der Waals surface area contributed by atoms with Crippen LogP contribution in [-0.4, -0.2) is 11.1 Å². The lowest BCUT2D eigenvalue weighted by Crippen LogP contribution is -2.29. The van der Waals surface area contributed by atoms with Crippen molar-refractivity contribution in [2.45, 2.75) is 32.9 Å². The van der Waals surface area contributed by atoms with Crippen LogP contribution in [0.25, 0.3) is 0 Å². The lowest BCUT2D eigenvalue weighted by Gasteiger charge is -2.18. The van der Waals surface area contributed by atoms with E-state index in [1.165, 1.54) is 0 Å². The molecule has 20 heavy (non-hydrogen) atoms. The molecule has 1 heterocycles. The molecule has 106 valence electrons. The zero-order valence-electron chi connectivity index (χ0n) is 12.1. The smallest absolute Gasteiger partial charge is 0.120 e. The Kier molecular flexibility index (Phi) is 4.71. The van der Waals surface area contributed by atoms with Crippen LogP contribution in [-0.2, 0) is 0 Å². The fourth-order valence-electron chi connectivity index (χ4n) is 2.07. The fraction of sp³-hybridized carbons (Fsp3) is 0.312. The minimum atomic E-state index is -0.0983. The van der Waals surface area contributed by atoms with Gasteiger partial charge >= 0.3 is 0 Å². The van der Waals surface area contributed by atoms with E-state index >= 15 is 0 Å². The fourth-order valence-corrected chi connectivity index (χ4v) is 2.07. The van der Waals surface area contributed by atoms with Crippen molar-refractivity contribution < 1.29 is 4.74 Å². The SMILES string of the molecule is Cc1ccc(C(NN)c2cccc(OC(C)C)c2)cn1. The Labute approximate surface area is 120 Å². The van der Waals surface area contributed by atoms with E-state index in [0.717, 1.165) is 22.6 Å². The molecule has 3 N–H and O–H groups in total. The van der Waals surface area contributed by atoms with Crippen LogP contribution in [0.15, 0.2) is 42.6 Å². The van der Waals surface area contributed by atoms with Crippen molar-refractivity contribution >= 4 is 0 Å². The van der Waals surface area contributed by atoms with Crippen LogP contribution in [0, 0.1) is 6.92 Å². The molecule has 4 nitrogen and oxygen atoms in total. The minimum Gasteiger partial charge on any atom is -0.491 e. The van der Waals surface area contributed by atoms with E-state index in [1.807, 2.05) is 63.4 Å². The summed E-state index contributed by atoms with van der Waals surface area (Å²) in [6.45, 7) is 5.98. The molecule has 2 aromatic rings. The van der Waals surface area contributed by atoms with E-state index in [2.05, 4.69) is 10.4 Å². The van der Waals surface area contributed by atoms with Crippen LogP contribution < -0.4 is 16.0 Å². The van der Waals surface area contributed by atoms with Gasteiger partial charge in [-0.3, -0.25) is 10.8 Å².